The molecule has 2 N–H and O–H groups in total. The smallest absolute Gasteiger partial charge is 0.328 e. The summed E-state index contributed by atoms with van der Waals surface area (Å²) in [5.41, 5.74) is 0.930. The summed E-state index contributed by atoms with van der Waals surface area (Å²) in [5, 5.41) is 5.40. The molecule has 1 saturated carbocycles. The zero-order valence-corrected chi connectivity index (χ0v) is 24.4. The van der Waals surface area contributed by atoms with E-state index in [1.807, 2.05) is 0 Å². The number of carbonyl (C=O) groups excluding carboxylic acids is 4. The largest absolute Gasteiger partial charge is 0.495 e. The van der Waals surface area contributed by atoms with Crippen molar-refractivity contribution in [2.24, 2.45) is 17.8 Å². The molecule has 0 bridgehead atoms. The molecule has 0 spiro atoms. The van der Waals surface area contributed by atoms with Gasteiger partial charge in [-0.1, -0.05) is 19.3 Å². The zero-order chi connectivity index (χ0) is 28.8. The van der Waals surface area contributed by atoms with Gasteiger partial charge in [-0.15, -0.1) is 0 Å². The van der Waals surface area contributed by atoms with Gasteiger partial charge >= 0.3 is 6.03 Å². The Labute approximate surface area is 243 Å². The van der Waals surface area contributed by atoms with Crippen LogP contribution in [0.2, 0.25) is 0 Å². The van der Waals surface area contributed by atoms with Crippen molar-refractivity contribution in [3.05, 3.63) is 23.8 Å². The van der Waals surface area contributed by atoms with Gasteiger partial charge in [0.25, 0.3) is 5.91 Å². The summed E-state index contributed by atoms with van der Waals surface area (Å²) in [6, 6.07) is 4.52. The molecule has 10 nitrogen and oxygen atoms in total. The van der Waals surface area contributed by atoms with E-state index in [4.69, 9.17) is 4.74 Å². The number of ether oxygens (including phenoxy) is 1. The number of rotatable bonds is 8. The molecule has 5 rings (SSSR count). The minimum Gasteiger partial charge on any atom is -0.495 e. The maximum absolute atomic E-state index is 13.0. The standard InChI is InChI=1S/C31H45N5O5/c1-41-27-8-7-25(19-26(27)36-18-13-28(37)33-31(36)40)29(38)32-20-22-9-14-34(15-10-22)21-23-11-16-35(17-12-23)30(39)24-5-3-2-4-6-24/h7-8,19,22-24H,2-6,9-18,20-21H2,1H3,(H,32,38)(H,33,37,40). The van der Waals surface area contributed by atoms with Crippen LogP contribution in [0, 0.1) is 17.8 Å². The summed E-state index contributed by atoms with van der Waals surface area (Å²) in [6.45, 7) is 5.87. The number of nitrogens with zero attached hydrogens (tertiary/aromatic N) is 3. The van der Waals surface area contributed by atoms with Crippen LogP contribution in [0.4, 0.5) is 10.5 Å². The summed E-state index contributed by atoms with van der Waals surface area (Å²) in [7, 11) is 1.51. The van der Waals surface area contributed by atoms with Crippen molar-refractivity contribution in [2.75, 3.05) is 57.8 Å². The number of urea groups is 1. The highest BCUT2D eigenvalue weighted by Crippen LogP contribution is 2.31. The molecule has 4 fully saturated rings. The molecule has 0 atom stereocenters. The average molecular weight is 568 g/mol. The first kappa shape index (κ1) is 29.4. The van der Waals surface area contributed by atoms with E-state index in [1.165, 1.54) is 31.3 Å². The Kier molecular flexibility index (Phi) is 9.80. The summed E-state index contributed by atoms with van der Waals surface area (Å²) in [4.78, 5) is 55.9. The molecule has 224 valence electrons. The van der Waals surface area contributed by atoms with Gasteiger partial charge in [0.15, 0.2) is 0 Å². The Balaban J connectivity index is 1.04. The number of methoxy groups -OCH3 is 1. The predicted octanol–water partition coefficient (Wildman–Crippen LogP) is 3.40. The van der Waals surface area contributed by atoms with Gasteiger partial charge in [-0.2, -0.15) is 0 Å². The fraction of sp³-hybridized carbons (Fsp3) is 0.677. The van der Waals surface area contributed by atoms with Gasteiger partial charge in [-0.05, 0) is 81.6 Å². The molecule has 41 heavy (non-hydrogen) atoms. The van der Waals surface area contributed by atoms with Crippen LogP contribution in [-0.4, -0.2) is 86.5 Å². The Bertz CT molecular complexity index is 1100. The normalized spacial score (nSPS) is 22.0. The molecule has 10 heteroatoms. The summed E-state index contributed by atoms with van der Waals surface area (Å²) in [6.07, 6.45) is 10.4. The molecule has 1 aliphatic carbocycles. The van der Waals surface area contributed by atoms with E-state index in [2.05, 4.69) is 20.4 Å². The number of nitrogens with one attached hydrogen (secondary N) is 2. The minimum atomic E-state index is -0.512. The first-order valence-corrected chi connectivity index (χ1v) is 15.5. The second kappa shape index (κ2) is 13.7. The van der Waals surface area contributed by atoms with Crippen LogP contribution < -0.4 is 20.3 Å². The van der Waals surface area contributed by atoms with Crippen molar-refractivity contribution >= 4 is 29.4 Å². The van der Waals surface area contributed by atoms with E-state index in [-0.39, 0.29) is 30.7 Å². The number of imide groups is 1. The highest BCUT2D eigenvalue weighted by Gasteiger charge is 2.31. The lowest BCUT2D eigenvalue weighted by molar-refractivity contribution is -0.138. The lowest BCUT2D eigenvalue weighted by atomic mass is 9.87. The number of piperidine rings is 2. The molecule has 3 aliphatic heterocycles. The first-order valence-electron chi connectivity index (χ1n) is 15.5. The number of hydrogen-bond donors (Lipinski definition) is 2. The number of carbonyl (C=O) groups is 4. The van der Waals surface area contributed by atoms with E-state index in [0.717, 1.165) is 71.2 Å². The van der Waals surface area contributed by atoms with Crippen LogP contribution in [0.5, 0.6) is 5.75 Å². The van der Waals surface area contributed by atoms with Gasteiger partial charge < -0.3 is 19.9 Å². The Morgan fingerprint density at radius 2 is 1.63 bits per heavy atom. The average Bonchev–Trinajstić information content (AvgIpc) is 3.01. The van der Waals surface area contributed by atoms with Crippen LogP contribution in [0.3, 0.4) is 0 Å². The van der Waals surface area contributed by atoms with Gasteiger partial charge in [-0.3, -0.25) is 24.6 Å². The maximum atomic E-state index is 13.0. The third-order valence-electron chi connectivity index (χ3n) is 9.44. The van der Waals surface area contributed by atoms with Crippen LogP contribution in [0.25, 0.3) is 0 Å². The Morgan fingerprint density at radius 3 is 2.32 bits per heavy atom. The number of amides is 5. The molecule has 0 radical (unpaired) electrons. The topological polar surface area (TPSA) is 111 Å². The van der Waals surface area contributed by atoms with E-state index in [1.54, 1.807) is 18.2 Å². The monoisotopic (exact) mass is 567 g/mol. The Hall–Kier alpha value is -3.14. The number of hydrogen-bond acceptors (Lipinski definition) is 6. The second-order valence-corrected chi connectivity index (χ2v) is 12.2. The van der Waals surface area contributed by atoms with Crippen LogP contribution >= 0.6 is 0 Å². The van der Waals surface area contributed by atoms with Crippen molar-refractivity contribution in [2.45, 2.75) is 64.2 Å². The third-order valence-corrected chi connectivity index (χ3v) is 9.44. The van der Waals surface area contributed by atoms with Gasteiger partial charge in [0.05, 0.1) is 12.8 Å². The minimum absolute atomic E-state index is 0.181. The van der Waals surface area contributed by atoms with Crippen LogP contribution in [-0.2, 0) is 9.59 Å². The molecule has 1 aromatic rings. The Morgan fingerprint density at radius 1 is 0.927 bits per heavy atom. The zero-order valence-electron chi connectivity index (χ0n) is 24.4. The van der Waals surface area contributed by atoms with E-state index < -0.39 is 6.03 Å². The molecule has 0 unspecified atom stereocenters. The molecule has 0 aromatic heterocycles. The highest BCUT2D eigenvalue weighted by atomic mass is 16.5. The van der Waals surface area contributed by atoms with E-state index in [9.17, 15) is 19.2 Å². The van der Waals surface area contributed by atoms with E-state index >= 15 is 0 Å². The molecular formula is C31H45N5O5. The first-order chi connectivity index (χ1) is 19.9. The van der Waals surface area contributed by atoms with Gasteiger partial charge in [0.1, 0.15) is 5.75 Å². The predicted molar refractivity (Wildman–Crippen MR) is 156 cm³/mol. The number of anilines is 1. The molecular weight excluding hydrogens is 522 g/mol. The van der Waals surface area contributed by atoms with Gasteiger partial charge in [-0.25, -0.2) is 4.79 Å². The van der Waals surface area contributed by atoms with Crippen molar-refractivity contribution in [3.63, 3.8) is 0 Å². The van der Waals surface area contributed by atoms with Crippen molar-refractivity contribution in [1.29, 1.82) is 0 Å². The maximum Gasteiger partial charge on any atom is 0.328 e. The molecule has 5 amide bonds. The fourth-order valence-electron chi connectivity index (χ4n) is 6.86. The van der Waals surface area contributed by atoms with Crippen LogP contribution in [0.15, 0.2) is 18.2 Å². The highest BCUT2D eigenvalue weighted by molar-refractivity contribution is 6.07. The molecule has 3 saturated heterocycles. The molecule has 4 aliphatic rings. The lowest BCUT2D eigenvalue weighted by Crippen LogP contribution is -2.49. The molecule has 1 aromatic carbocycles. The second-order valence-electron chi connectivity index (χ2n) is 12.2. The van der Waals surface area contributed by atoms with Gasteiger partial charge in [0.2, 0.25) is 11.8 Å². The van der Waals surface area contributed by atoms with Gasteiger partial charge in [0, 0.05) is 50.6 Å². The summed E-state index contributed by atoms with van der Waals surface area (Å²) >= 11 is 0. The summed E-state index contributed by atoms with van der Waals surface area (Å²) in [5.74, 6) is 1.75. The van der Waals surface area contributed by atoms with Crippen molar-refractivity contribution in [1.82, 2.24) is 20.4 Å². The van der Waals surface area contributed by atoms with E-state index in [0.29, 0.717) is 41.3 Å². The lowest BCUT2D eigenvalue weighted by Gasteiger charge is -2.39. The van der Waals surface area contributed by atoms with Crippen molar-refractivity contribution in [3.8, 4) is 5.75 Å². The quantitative estimate of drug-likeness (QED) is 0.498. The van der Waals surface area contributed by atoms with Crippen LogP contribution in [0.1, 0.15) is 74.6 Å². The number of likely N-dealkylation sites (tertiary alicyclic amines) is 2. The SMILES string of the molecule is COc1ccc(C(=O)NCC2CCN(CC3CCN(C(=O)C4CCCCC4)CC3)CC2)cc1N1CCC(=O)NC1=O. The molecule has 3 heterocycles. The fourth-order valence-corrected chi connectivity index (χ4v) is 6.86. The third kappa shape index (κ3) is 7.39. The van der Waals surface area contributed by atoms with Crippen molar-refractivity contribution < 1.29 is 23.9 Å². The summed E-state index contributed by atoms with van der Waals surface area (Å²) < 4.78 is 5.41. The number of benzene rings is 1.